The van der Waals surface area contributed by atoms with Crippen molar-refractivity contribution in [2.75, 3.05) is 20.3 Å². The van der Waals surface area contributed by atoms with Crippen LogP contribution in [0.25, 0.3) is 0 Å². The maximum atomic E-state index is 11.1. The highest BCUT2D eigenvalue weighted by Gasteiger charge is 2.24. The zero-order chi connectivity index (χ0) is 15.1. The van der Waals surface area contributed by atoms with E-state index in [1.807, 2.05) is 6.07 Å². The van der Waals surface area contributed by atoms with Gasteiger partial charge in [-0.15, -0.1) is 0 Å². The number of methoxy groups -OCH3 is 1. The van der Waals surface area contributed by atoms with Crippen LogP contribution >= 0.6 is 0 Å². The fourth-order valence-electron chi connectivity index (χ4n) is 2.79. The summed E-state index contributed by atoms with van der Waals surface area (Å²) in [5.41, 5.74) is 2.69. The quantitative estimate of drug-likeness (QED) is 0.591. The van der Waals surface area contributed by atoms with Gasteiger partial charge in [-0.25, -0.2) is 0 Å². The molecule has 0 heterocycles. The number of hydrogen-bond acceptors (Lipinski definition) is 4. The number of nitrogens with one attached hydrogen (secondary N) is 1. The first-order chi connectivity index (χ1) is 10.3. The maximum absolute atomic E-state index is 11.1. The number of hydrogen-bond donors (Lipinski definition) is 1. The highest BCUT2D eigenvalue weighted by atomic mass is 16.5. The van der Waals surface area contributed by atoms with E-state index in [0.717, 1.165) is 31.6 Å². The summed E-state index contributed by atoms with van der Waals surface area (Å²) in [6.45, 7) is 3.79. The Morgan fingerprint density at radius 1 is 1.43 bits per heavy atom. The van der Waals surface area contributed by atoms with Crippen molar-refractivity contribution in [1.29, 1.82) is 0 Å². The van der Waals surface area contributed by atoms with Crippen molar-refractivity contribution in [3.8, 4) is 5.75 Å². The van der Waals surface area contributed by atoms with Crippen molar-refractivity contribution in [3.63, 3.8) is 0 Å². The fraction of sp³-hybridized carbons (Fsp3) is 0.588. The third kappa shape index (κ3) is 4.21. The molecule has 0 spiro atoms. The third-order valence-electron chi connectivity index (χ3n) is 3.88. The van der Waals surface area contributed by atoms with Crippen LogP contribution in [0.1, 0.15) is 49.8 Å². The van der Waals surface area contributed by atoms with E-state index in [2.05, 4.69) is 29.1 Å². The van der Waals surface area contributed by atoms with Crippen molar-refractivity contribution in [1.82, 2.24) is 5.32 Å². The number of ether oxygens (including phenoxy) is 2. The number of rotatable bonds is 8. The van der Waals surface area contributed by atoms with Crippen LogP contribution in [-0.4, -0.2) is 26.2 Å². The Kier molecular flexibility index (Phi) is 6.05. The first-order valence-electron chi connectivity index (χ1n) is 7.81. The van der Waals surface area contributed by atoms with Gasteiger partial charge in [-0.2, -0.15) is 0 Å². The molecule has 116 valence electrons. The van der Waals surface area contributed by atoms with Crippen LogP contribution in [0, 0.1) is 0 Å². The van der Waals surface area contributed by atoms with Crippen molar-refractivity contribution < 1.29 is 14.3 Å². The van der Waals surface area contributed by atoms with Gasteiger partial charge in [0.25, 0.3) is 0 Å². The van der Waals surface area contributed by atoms with Crippen LogP contribution in [0.5, 0.6) is 5.75 Å². The molecule has 1 atom stereocenters. The van der Waals surface area contributed by atoms with Gasteiger partial charge in [-0.05, 0) is 49.4 Å². The lowest BCUT2D eigenvalue weighted by atomic mass is 10.1. The van der Waals surface area contributed by atoms with Crippen LogP contribution in [-0.2, 0) is 16.0 Å². The standard InChI is InChI=1S/C17H25NO3/c1-3-11-18-15-10-9-14-13(15)6-4-7-16(14)21-12-5-8-17(19)20-2/h4,6-7,15,18H,3,5,8-12H2,1-2H3. The average molecular weight is 291 g/mol. The highest BCUT2D eigenvalue weighted by molar-refractivity contribution is 5.69. The second-order valence-corrected chi connectivity index (χ2v) is 5.40. The maximum Gasteiger partial charge on any atom is 0.305 e. The van der Waals surface area contributed by atoms with Crippen LogP contribution in [0.15, 0.2) is 18.2 Å². The molecule has 4 nitrogen and oxygen atoms in total. The molecule has 0 radical (unpaired) electrons. The Bertz CT molecular complexity index is 473. The summed E-state index contributed by atoms with van der Waals surface area (Å²) in [5.74, 6) is 0.791. The Morgan fingerprint density at radius 3 is 3.05 bits per heavy atom. The van der Waals surface area contributed by atoms with Crippen molar-refractivity contribution in [2.24, 2.45) is 0 Å². The van der Waals surface area contributed by atoms with Gasteiger partial charge in [-0.1, -0.05) is 19.1 Å². The highest BCUT2D eigenvalue weighted by Crippen LogP contribution is 2.36. The molecule has 4 heteroatoms. The Hall–Kier alpha value is -1.55. The lowest BCUT2D eigenvalue weighted by Crippen LogP contribution is -2.19. The summed E-state index contributed by atoms with van der Waals surface area (Å²) in [4.78, 5) is 11.1. The van der Waals surface area contributed by atoms with Gasteiger partial charge in [0.15, 0.2) is 0 Å². The monoisotopic (exact) mass is 291 g/mol. The second-order valence-electron chi connectivity index (χ2n) is 5.40. The van der Waals surface area contributed by atoms with Gasteiger partial charge < -0.3 is 14.8 Å². The molecule has 0 aromatic heterocycles. The molecule has 1 aromatic rings. The van der Waals surface area contributed by atoms with Crippen LogP contribution in [0.2, 0.25) is 0 Å². The molecule has 1 N–H and O–H groups in total. The van der Waals surface area contributed by atoms with Crippen LogP contribution in [0.3, 0.4) is 0 Å². The lowest BCUT2D eigenvalue weighted by molar-refractivity contribution is -0.140. The van der Waals surface area contributed by atoms with Gasteiger partial charge in [0.2, 0.25) is 0 Å². The molecule has 0 fully saturated rings. The number of carbonyl (C=O) groups is 1. The van der Waals surface area contributed by atoms with Crippen LogP contribution in [0.4, 0.5) is 0 Å². The van der Waals surface area contributed by atoms with Gasteiger partial charge >= 0.3 is 5.97 Å². The first kappa shape index (κ1) is 15.8. The van der Waals surface area contributed by atoms with E-state index in [1.165, 1.54) is 18.2 Å². The lowest BCUT2D eigenvalue weighted by Gasteiger charge is -2.14. The average Bonchev–Trinajstić information content (AvgIpc) is 2.93. The smallest absolute Gasteiger partial charge is 0.305 e. The number of carbonyl (C=O) groups excluding carboxylic acids is 1. The SMILES string of the molecule is CCCNC1CCc2c(OCCCC(=O)OC)cccc21. The molecule has 1 aliphatic carbocycles. The molecule has 21 heavy (non-hydrogen) atoms. The predicted molar refractivity (Wildman–Crippen MR) is 82.5 cm³/mol. The van der Waals surface area contributed by atoms with E-state index in [0.29, 0.717) is 25.5 Å². The minimum absolute atomic E-state index is 0.180. The Labute approximate surface area is 126 Å². The molecular formula is C17H25NO3. The fourth-order valence-corrected chi connectivity index (χ4v) is 2.79. The normalized spacial score (nSPS) is 16.6. The van der Waals surface area contributed by atoms with Crippen molar-refractivity contribution in [2.45, 2.75) is 45.1 Å². The number of benzene rings is 1. The predicted octanol–water partition coefficient (Wildman–Crippen LogP) is 3.01. The second kappa shape index (κ2) is 8.03. The Morgan fingerprint density at radius 2 is 2.29 bits per heavy atom. The molecular weight excluding hydrogens is 266 g/mol. The zero-order valence-corrected chi connectivity index (χ0v) is 13.0. The molecule has 0 saturated carbocycles. The summed E-state index contributed by atoms with van der Waals surface area (Å²) in [7, 11) is 1.41. The summed E-state index contributed by atoms with van der Waals surface area (Å²) in [6.07, 6.45) is 4.44. The molecule has 0 saturated heterocycles. The van der Waals surface area contributed by atoms with Gasteiger partial charge in [-0.3, -0.25) is 4.79 Å². The first-order valence-corrected chi connectivity index (χ1v) is 7.81. The van der Waals surface area contributed by atoms with Crippen molar-refractivity contribution in [3.05, 3.63) is 29.3 Å². The number of esters is 1. The summed E-state index contributed by atoms with van der Waals surface area (Å²) < 4.78 is 10.5. The van der Waals surface area contributed by atoms with E-state index in [9.17, 15) is 4.79 Å². The summed E-state index contributed by atoms with van der Waals surface area (Å²) in [6, 6.07) is 6.73. The third-order valence-corrected chi connectivity index (χ3v) is 3.88. The molecule has 2 rings (SSSR count). The van der Waals surface area contributed by atoms with E-state index < -0.39 is 0 Å². The molecule has 1 unspecified atom stereocenters. The summed E-state index contributed by atoms with van der Waals surface area (Å²) in [5, 5.41) is 3.59. The molecule has 0 aliphatic heterocycles. The minimum Gasteiger partial charge on any atom is -0.493 e. The molecule has 1 aromatic carbocycles. The van der Waals surface area contributed by atoms with Crippen LogP contribution < -0.4 is 10.1 Å². The van der Waals surface area contributed by atoms with E-state index in [-0.39, 0.29) is 5.97 Å². The van der Waals surface area contributed by atoms with E-state index in [1.54, 1.807) is 0 Å². The van der Waals surface area contributed by atoms with Crippen molar-refractivity contribution >= 4 is 5.97 Å². The molecule has 1 aliphatic rings. The van der Waals surface area contributed by atoms with Gasteiger partial charge in [0.1, 0.15) is 5.75 Å². The van der Waals surface area contributed by atoms with E-state index in [4.69, 9.17) is 4.74 Å². The molecule has 0 bridgehead atoms. The largest absolute Gasteiger partial charge is 0.493 e. The van der Waals surface area contributed by atoms with E-state index >= 15 is 0 Å². The topological polar surface area (TPSA) is 47.6 Å². The zero-order valence-electron chi connectivity index (χ0n) is 13.0. The van der Waals surface area contributed by atoms with Gasteiger partial charge in [0.05, 0.1) is 13.7 Å². The summed E-state index contributed by atoms with van der Waals surface area (Å²) >= 11 is 0. The molecule has 0 amide bonds. The number of fused-ring (bicyclic) bond motifs is 1. The van der Waals surface area contributed by atoms with Gasteiger partial charge in [0, 0.05) is 12.5 Å². The Balaban J connectivity index is 1.90. The minimum atomic E-state index is -0.180.